The van der Waals surface area contributed by atoms with Gasteiger partial charge in [0, 0.05) is 49.3 Å². The Morgan fingerprint density at radius 1 is 0.212 bits per heavy atom. The lowest BCUT2D eigenvalue weighted by Gasteiger charge is -2.10. The summed E-state index contributed by atoms with van der Waals surface area (Å²) in [6, 6.07) is 0. The van der Waals surface area contributed by atoms with Crippen LogP contribution in [0.1, 0.15) is 465 Å². The first kappa shape index (κ1) is 51.4. The molecule has 0 fully saturated rings. The van der Waals surface area contributed by atoms with E-state index in [0.29, 0.717) is 35.5 Å². The average molecular weight is 1250 g/mol. The normalized spacial score (nSPS) is 25.0. The van der Waals surface area contributed by atoms with Crippen molar-refractivity contribution in [3.63, 3.8) is 0 Å². The highest BCUT2D eigenvalue weighted by molar-refractivity contribution is 4.58. The minimum absolute atomic E-state index is 0. The Hall–Kier alpha value is 0. The Balaban J connectivity index is -0.0000000966. The van der Waals surface area contributed by atoms with Crippen LogP contribution in [0.3, 0.4) is 0 Å². The Kier molecular flexibility index (Phi) is 49.6. The van der Waals surface area contributed by atoms with Crippen molar-refractivity contribution in [1.82, 2.24) is 0 Å². The highest BCUT2D eigenvalue weighted by atomic mass is 14.1. The zero-order valence-electron chi connectivity index (χ0n) is 101. The highest BCUT2D eigenvalue weighted by Crippen LogP contribution is 2.18. The van der Waals surface area contributed by atoms with Gasteiger partial charge in [-0.1, -0.05) is 416 Å². The Morgan fingerprint density at radius 2 is 0.365 bits per heavy atom. The maximum Gasteiger partial charge on any atom is 0.0302 e. The van der Waals surface area contributed by atoms with Crippen LogP contribution in [0.4, 0.5) is 0 Å². The van der Waals surface area contributed by atoms with Crippen molar-refractivity contribution in [3.8, 4) is 0 Å². The van der Waals surface area contributed by atoms with Crippen LogP contribution in [0, 0.1) is 142 Å². The molecular formula is C85H196. The maximum atomic E-state index is 7.79. The maximum absolute atomic E-state index is 7.79. The van der Waals surface area contributed by atoms with Gasteiger partial charge in [0.1, 0.15) is 0 Å². The van der Waals surface area contributed by atoms with E-state index in [9.17, 15) is 0 Å². The number of rotatable bonds is 24. The van der Waals surface area contributed by atoms with Gasteiger partial charge >= 0.3 is 0 Å². The van der Waals surface area contributed by atoms with Gasteiger partial charge in [0.2, 0.25) is 0 Å². The predicted octanol–water partition coefficient (Wildman–Crippen LogP) is 32.9. The van der Waals surface area contributed by atoms with Gasteiger partial charge in [0.05, 0.1) is 0 Å². The molecule has 85 heavy (non-hydrogen) atoms. The van der Waals surface area contributed by atoms with Crippen LogP contribution < -0.4 is 0 Å². The van der Waals surface area contributed by atoms with Crippen molar-refractivity contribution in [2.45, 2.75) is 416 Å². The second-order valence-corrected chi connectivity index (χ2v) is 27.2. The van der Waals surface area contributed by atoms with Crippen LogP contribution in [-0.2, 0) is 0 Å². The molecule has 0 saturated heterocycles. The third-order valence-electron chi connectivity index (χ3n) is 16.1. The fraction of sp³-hybridized carbons (Fsp3) is 1.00. The zero-order chi connectivity index (χ0) is 101. The summed E-state index contributed by atoms with van der Waals surface area (Å²) in [7, 11) is 0. The summed E-state index contributed by atoms with van der Waals surface area (Å²) in [5, 5.41) is 0. The first-order valence-electron chi connectivity index (χ1n) is 52.2. The molecule has 15 atom stereocenters. The van der Waals surface area contributed by atoms with Gasteiger partial charge in [-0.25, -0.2) is 0 Å². The molecule has 0 aliphatic carbocycles. The molecule has 0 heteroatoms. The Bertz CT molecular complexity index is 2130. The van der Waals surface area contributed by atoms with Crippen molar-refractivity contribution in [1.29, 1.82) is 0 Å². The fourth-order valence-electron chi connectivity index (χ4n) is 4.56. The molecule has 0 bridgehead atoms. The highest BCUT2D eigenvalue weighted by Gasteiger charge is 2.07. The van der Waals surface area contributed by atoms with Gasteiger partial charge in [-0.05, 0) is 142 Å². The standard InChI is InChI=1S/12C7H16.CH4/c12*1-5-7(4)6(2)3;/h12*6-7H,5H2,1-4H3;1H4/t8*7-;;;;;/m11110000...../s1/i4D3,5D2,7D;5D;4D3;;1D3,4D3,5D2,7D;5D;4D3;;1D3,4D3,5D2,7D;5D;4D3;;/tm;5?,7-;m;;m;5?,7-;m;;;;;;. The van der Waals surface area contributed by atoms with Crippen LogP contribution in [0.5, 0.6) is 0 Å². The molecule has 0 nitrogen and oxygen atoms in total. The smallest absolute Gasteiger partial charge is 0.0302 e. The van der Waals surface area contributed by atoms with Crippen molar-refractivity contribution in [2.75, 3.05) is 0 Å². The molecule has 0 aromatic heterocycles. The second-order valence-electron chi connectivity index (χ2n) is 27.2. The summed E-state index contributed by atoms with van der Waals surface area (Å²) in [5.74, 6) is -0.547. The van der Waals surface area contributed by atoms with E-state index in [4.69, 9.17) is 49.3 Å². The number of hydrogen-bond acceptors (Lipinski definition) is 0. The minimum atomic E-state index is -3.15. The van der Waals surface area contributed by atoms with Crippen LogP contribution in [0.2, 0.25) is 0 Å². The van der Waals surface area contributed by atoms with Crippen molar-refractivity contribution >= 4 is 0 Å². The summed E-state index contributed by atoms with van der Waals surface area (Å²) >= 11 is 0. The number of hydrogen-bond donors (Lipinski definition) is 0. The monoisotopic (exact) mass is 1250 g/mol. The molecule has 0 rings (SSSR count). The van der Waals surface area contributed by atoms with Gasteiger partial charge in [-0.3, -0.25) is 0 Å². The van der Waals surface area contributed by atoms with E-state index >= 15 is 0 Å². The molecule has 0 radical (unpaired) electrons. The molecule has 7 unspecified atom stereocenters. The SMILES string of the molecule is C.CCC(C)C(C)C.CC[C@@H](C)C(C)C.CC[C@H](C)C(C)C.[2H]C(C)C(C)C(C)C.[2H]C(C)[C@@H](C)C(C)C.[2H]C(C)[C@H](C)C(C)C.[2H]C([2H])([2H])C(CC)C(C)C.[2H]C([2H])([2H])C([2H])([2H])C([2H])(C(C)C)C([2H])([2H])[2H].[2H]C([2H])([2H])C([2H])([2H])[C@@]([2H])(C(C)C)C([2H])([2H])[2H].[2H]C([2H])([2H])[C@@H](CC)C(C)C.[2H]C([2H])([2H])[C@@]([2H])(C(C)C)C([2H])([2H])C.[2H]C([2H])([2H])[C@H](CC)C(C)C. The largest absolute Gasteiger partial charge is 0.0776 e. The molecule has 0 saturated carbocycles. The van der Waals surface area contributed by atoms with Crippen LogP contribution >= 0.6 is 0 Å². The molecule has 536 valence electrons. The van der Waals surface area contributed by atoms with E-state index in [1.165, 1.54) is 47.0 Å². The topological polar surface area (TPSA) is 0 Å². The van der Waals surface area contributed by atoms with Gasteiger partial charge in [-0.15, -0.1) is 0 Å². The molecule has 0 aromatic carbocycles. The average Bonchev–Trinajstić information content (AvgIpc) is 0.741. The lowest BCUT2D eigenvalue weighted by atomic mass is 9.96. The Morgan fingerprint density at radius 3 is 0.376 bits per heavy atom. The van der Waals surface area contributed by atoms with Crippen LogP contribution in [-0.4, -0.2) is 0 Å². The van der Waals surface area contributed by atoms with Crippen molar-refractivity contribution in [2.24, 2.45) is 142 Å². The van der Waals surface area contributed by atoms with E-state index in [2.05, 4.69) is 145 Å². The zero-order valence-corrected chi connectivity index (χ0v) is 65.1. The minimum Gasteiger partial charge on any atom is -0.0776 e. The molecule has 0 spiro atoms. The molecule has 0 aliphatic rings. The summed E-state index contributed by atoms with van der Waals surface area (Å²) in [4.78, 5) is 0. The van der Waals surface area contributed by atoms with E-state index < -0.39 is 109 Å². The predicted molar refractivity (Wildman–Crippen MR) is 418 cm³/mol. The molecule has 0 heterocycles. The second kappa shape index (κ2) is 82.0. The van der Waals surface area contributed by atoms with Crippen molar-refractivity contribution in [3.05, 3.63) is 0 Å². The fourth-order valence-corrected chi connectivity index (χ4v) is 4.56. The van der Waals surface area contributed by atoms with E-state index in [-0.39, 0.29) is 62.1 Å². The first-order valence-corrected chi connectivity index (χ1v) is 34.0. The van der Waals surface area contributed by atoms with Gasteiger partial charge < -0.3 is 0 Å². The Labute approximate surface area is 606 Å². The van der Waals surface area contributed by atoms with E-state index in [1.807, 2.05) is 83.1 Å². The third-order valence-corrected chi connectivity index (χ3v) is 16.1. The van der Waals surface area contributed by atoms with E-state index in [0.717, 1.165) is 61.7 Å². The summed E-state index contributed by atoms with van der Waals surface area (Å²) in [6.45, 7) is 59.4. The summed E-state index contributed by atoms with van der Waals surface area (Å²) in [5.41, 5.74) is 0. The third kappa shape index (κ3) is 109. The molecule has 0 amide bonds. The lowest BCUT2D eigenvalue weighted by molar-refractivity contribution is 0.407. The van der Waals surface area contributed by atoms with Crippen LogP contribution in [0.25, 0.3) is 0 Å². The van der Waals surface area contributed by atoms with Gasteiger partial charge in [0.15, 0.2) is 0 Å². The molecule has 0 N–H and O–H groups in total. The quantitative estimate of drug-likeness (QED) is 0.0904. The summed E-state index contributed by atoms with van der Waals surface area (Å²) in [6.07, 6.45) is -1.77. The molecule has 0 aromatic rings. The van der Waals surface area contributed by atoms with Crippen molar-refractivity contribution < 1.29 is 49.3 Å². The van der Waals surface area contributed by atoms with Gasteiger partial charge in [-0.2, -0.15) is 0 Å². The summed E-state index contributed by atoms with van der Waals surface area (Å²) < 4.78 is 261. The van der Waals surface area contributed by atoms with E-state index in [1.54, 1.807) is 13.8 Å². The lowest BCUT2D eigenvalue weighted by Crippen LogP contribution is -2.00. The van der Waals surface area contributed by atoms with Crippen LogP contribution in [0.15, 0.2) is 0 Å². The van der Waals surface area contributed by atoms with Gasteiger partial charge in [0.25, 0.3) is 0 Å². The molecular weight excluding hydrogens is 1020 g/mol. The first-order chi connectivity index (χ1) is 52.2. The molecule has 0 aliphatic heterocycles.